The zero-order valence-electron chi connectivity index (χ0n) is 15.4. The van der Waals surface area contributed by atoms with E-state index in [1.165, 1.54) is 5.56 Å². The van der Waals surface area contributed by atoms with Gasteiger partial charge in [-0.15, -0.1) is 10.2 Å². The predicted molar refractivity (Wildman–Crippen MR) is 97.7 cm³/mol. The number of amides is 1. The lowest BCUT2D eigenvalue weighted by molar-refractivity contribution is -0.119. The van der Waals surface area contributed by atoms with Crippen molar-refractivity contribution in [3.05, 3.63) is 41.6 Å². The summed E-state index contributed by atoms with van der Waals surface area (Å²) in [5, 5.41) is 8.11. The second kappa shape index (κ2) is 7.81. The zero-order valence-corrected chi connectivity index (χ0v) is 15.4. The molecule has 25 heavy (non-hydrogen) atoms. The van der Waals surface area contributed by atoms with E-state index in [2.05, 4.69) is 29.3 Å². The van der Waals surface area contributed by atoms with E-state index in [0.29, 0.717) is 30.7 Å². The summed E-state index contributed by atoms with van der Waals surface area (Å²) in [6.45, 7) is 6.21. The van der Waals surface area contributed by atoms with Gasteiger partial charge in [-0.25, -0.2) is 0 Å². The molecule has 1 aromatic carbocycles. The summed E-state index contributed by atoms with van der Waals surface area (Å²) in [5.41, 5.74) is 2.34. The maximum atomic E-state index is 13.0. The Bertz CT molecular complexity index is 723. The number of aromatic nitrogens is 2. The van der Waals surface area contributed by atoms with Crippen LogP contribution in [0.1, 0.15) is 69.7 Å². The Hall–Kier alpha value is -2.17. The highest BCUT2D eigenvalue weighted by Crippen LogP contribution is 2.33. The van der Waals surface area contributed by atoms with E-state index in [1.807, 2.05) is 30.9 Å². The van der Waals surface area contributed by atoms with Crippen LogP contribution in [-0.4, -0.2) is 22.1 Å². The smallest absolute Gasteiger partial charge is 0.227 e. The standard InChI is InChI=1S/C20H27N3O2/c1-4-7-16-11-10-15-8-5-6-9-17(15)23(16)19(24)13-12-18-21-22-20(25-18)14(2)3/h5-6,8-9,14,16H,4,7,10-13H2,1-3H3/t16-/m1/s1. The van der Waals surface area contributed by atoms with Crippen molar-refractivity contribution in [1.29, 1.82) is 0 Å². The minimum Gasteiger partial charge on any atom is -0.425 e. The van der Waals surface area contributed by atoms with Crippen LogP contribution in [0.4, 0.5) is 5.69 Å². The van der Waals surface area contributed by atoms with Crippen LogP contribution < -0.4 is 4.90 Å². The van der Waals surface area contributed by atoms with Crippen molar-refractivity contribution in [2.45, 2.75) is 71.3 Å². The maximum absolute atomic E-state index is 13.0. The second-order valence-electron chi connectivity index (χ2n) is 7.06. The number of rotatable bonds is 6. The number of carbonyl (C=O) groups excluding carboxylic acids is 1. The number of carbonyl (C=O) groups is 1. The fourth-order valence-corrected chi connectivity index (χ4v) is 3.49. The number of benzene rings is 1. The van der Waals surface area contributed by atoms with Gasteiger partial charge in [0.05, 0.1) is 0 Å². The van der Waals surface area contributed by atoms with E-state index >= 15 is 0 Å². The zero-order chi connectivity index (χ0) is 17.8. The van der Waals surface area contributed by atoms with Gasteiger partial charge in [-0.05, 0) is 30.9 Å². The van der Waals surface area contributed by atoms with Gasteiger partial charge >= 0.3 is 0 Å². The Morgan fingerprint density at radius 1 is 1.32 bits per heavy atom. The minimum absolute atomic E-state index is 0.148. The van der Waals surface area contributed by atoms with Crippen LogP contribution >= 0.6 is 0 Å². The van der Waals surface area contributed by atoms with Gasteiger partial charge in [0.15, 0.2) is 0 Å². The van der Waals surface area contributed by atoms with Gasteiger partial charge in [-0.2, -0.15) is 0 Å². The molecule has 3 rings (SSSR count). The van der Waals surface area contributed by atoms with E-state index < -0.39 is 0 Å². The molecular weight excluding hydrogens is 314 g/mol. The van der Waals surface area contributed by atoms with E-state index in [4.69, 9.17) is 4.42 Å². The van der Waals surface area contributed by atoms with Gasteiger partial charge < -0.3 is 9.32 Å². The van der Waals surface area contributed by atoms with Crippen LogP contribution in [0.2, 0.25) is 0 Å². The number of nitrogens with zero attached hydrogens (tertiary/aromatic N) is 3. The summed E-state index contributed by atoms with van der Waals surface area (Å²) in [6.07, 6.45) is 5.10. The van der Waals surface area contributed by atoms with Crippen molar-refractivity contribution >= 4 is 11.6 Å². The Morgan fingerprint density at radius 3 is 2.84 bits per heavy atom. The topological polar surface area (TPSA) is 59.2 Å². The van der Waals surface area contributed by atoms with Gasteiger partial charge in [0.2, 0.25) is 17.7 Å². The molecule has 0 fully saturated rings. The predicted octanol–water partition coefficient (Wildman–Crippen LogP) is 4.27. The van der Waals surface area contributed by atoms with Gasteiger partial charge in [0.25, 0.3) is 0 Å². The third-order valence-electron chi connectivity index (χ3n) is 4.78. The Kier molecular flexibility index (Phi) is 5.51. The molecule has 0 unspecified atom stereocenters. The van der Waals surface area contributed by atoms with Gasteiger partial charge in [0.1, 0.15) is 0 Å². The highest BCUT2D eigenvalue weighted by Gasteiger charge is 2.30. The molecule has 5 heteroatoms. The molecule has 2 heterocycles. The lowest BCUT2D eigenvalue weighted by atomic mass is 9.92. The quantitative estimate of drug-likeness (QED) is 0.787. The third-order valence-corrected chi connectivity index (χ3v) is 4.78. The van der Waals surface area contributed by atoms with E-state index in [-0.39, 0.29) is 11.8 Å². The first-order valence-corrected chi connectivity index (χ1v) is 9.32. The van der Waals surface area contributed by atoms with Crippen LogP contribution in [0.5, 0.6) is 0 Å². The van der Waals surface area contributed by atoms with Crippen molar-refractivity contribution in [1.82, 2.24) is 10.2 Å². The van der Waals surface area contributed by atoms with E-state index in [0.717, 1.165) is 31.4 Å². The Balaban J connectivity index is 1.73. The summed E-state index contributed by atoms with van der Waals surface area (Å²) >= 11 is 0. The molecular formula is C20H27N3O2. The summed E-state index contributed by atoms with van der Waals surface area (Å²) in [5.74, 6) is 1.54. The molecule has 0 radical (unpaired) electrons. The number of hydrogen-bond acceptors (Lipinski definition) is 4. The number of anilines is 1. The van der Waals surface area contributed by atoms with E-state index in [1.54, 1.807) is 0 Å². The number of aryl methyl sites for hydroxylation is 2. The number of para-hydroxylation sites is 1. The summed E-state index contributed by atoms with van der Waals surface area (Å²) < 4.78 is 5.63. The lowest BCUT2D eigenvalue weighted by Gasteiger charge is -2.37. The lowest BCUT2D eigenvalue weighted by Crippen LogP contribution is -2.43. The SMILES string of the molecule is CCC[C@@H]1CCc2ccccc2N1C(=O)CCc1nnc(C(C)C)o1. The highest BCUT2D eigenvalue weighted by atomic mass is 16.4. The monoisotopic (exact) mass is 341 g/mol. The molecule has 1 aliphatic heterocycles. The molecule has 1 aromatic heterocycles. The molecule has 0 saturated carbocycles. The molecule has 0 aliphatic carbocycles. The van der Waals surface area contributed by atoms with Crippen molar-refractivity contribution in [2.75, 3.05) is 4.90 Å². The third kappa shape index (κ3) is 3.91. The van der Waals surface area contributed by atoms with Crippen molar-refractivity contribution in [2.24, 2.45) is 0 Å². The summed E-state index contributed by atoms with van der Waals surface area (Å²) in [4.78, 5) is 15.0. The minimum atomic E-state index is 0.148. The van der Waals surface area contributed by atoms with Crippen LogP contribution in [-0.2, 0) is 17.6 Å². The maximum Gasteiger partial charge on any atom is 0.227 e. The van der Waals surface area contributed by atoms with Crippen LogP contribution in [0.3, 0.4) is 0 Å². The molecule has 0 saturated heterocycles. The van der Waals surface area contributed by atoms with Gasteiger partial charge in [-0.1, -0.05) is 45.4 Å². The molecule has 0 spiro atoms. The highest BCUT2D eigenvalue weighted by molar-refractivity contribution is 5.95. The van der Waals surface area contributed by atoms with Gasteiger partial charge in [0, 0.05) is 30.5 Å². The van der Waals surface area contributed by atoms with E-state index in [9.17, 15) is 4.79 Å². The van der Waals surface area contributed by atoms with Crippen molar-refractivity contribution in [3.8, 4) is 0 Å². The molecule has 0 N–H and O–H groups in total. The molecule has 1 amide bonds. The molecule has 0 bridgehead atoms. The first-order valence-electron chi connectivity index (χ1n) is 9.32. The molecule has 2 aromatic rings. The summed E-state index contributed by atoms with van der Waals surface area (Å²) in [7, 11) is 0. The Morgan fingerprint density at radius 2 is 2.12 bits per heavy atom. The number of hydrogen-bond donors (Lipinski definition) is 0. The number of fused-ring (bicyclic) bond motifs is 1. The van der Waals surface area contributed by atoms with Crippen LogP contribution in [0.15, 0.2) is 28.7 Å². The fourth-order valence-electron chi connectivity index (χ4n) is 3.49. The van der Waals surface area contributed by atoms with Crippen LogP contribution in [0, 0.1) is 0 Å². The molecule has 5 nitrogen and oxygen atoms in total. The first-order chi connectivity index (χ1) is 12.1. The van der Waals surface area contributed by atoms with Crippen molar-refractivity contribution < 1.29 is 9.21 Å². The first kappa shape index (κ1) is 17.6. The summed E-state index contributed by atoms with van der Waals surface area (Å²) in [6, 6.07) is 8.55. The molecule has 1 aliphatic rings. The normalized spacial score (nSPS) is 17.0. The molecule has 134 valence electrons. The molecule has 1 atom stereocenters. The Labute approximate surface area is 149 Å². The second-order valence-corrected chi connectivity index (χ2v) is 7.06. The fraction of sp³-hybridized carbons (Fsp3) is 0.550. The van der Waals surface area contributed by atoms with Crippen LogP contribution in [0.25, 0.3) is 0 Å². The average molecular weight is 341 g/mol. The largest absolute Gasteiger partial charge is 0.425 e. The van der Waals surface area contributed by atoms with Gasteiger partial charge in [-0.3, -0.25) is 4.79 Å². The van der Waals surface area contributed by atoms with Crippen molar-refractivity contribution in [3.63, 3.8) is 0 Å². The average Bonchev–Trinajstić information content (AvgIpc) is 3.09.